The molecule has 1 aliphatic rings. The summed E-state index contributed by atoms with van der Waals surface area (Å²) in [6.45, 7) is 0.591. The fourth-order valence-electron chi connectivity index (χ4n) is 2.11. The molecular weight excluding hydrogens is 248 g/mol. The average molecular weight is 259 g/mol. The standard InChI is InChI=1S/C14H12O3S/c15-18(16)13-8-4-7-11(14(13)12-9-17-12)10-5-2-1-3-6-10/h1-8,12H,9H2,(H,15,16)/p-1. The number of hydrogen-bond acceptors (Lipinski definition) is 3. The Labute approximate surface area is 108 Å². The lowest BCUT2D eigenvalue weighted by Crippen LogP contribution is -1.98. The maximum Gasteiger partial charge on any atom is 0.108 e. The van der Waals surface area contributed by atoms with E-state index in [0.29, 0.717) is 11.5 Å². The van der Waals surface area contributed by atoms with Crippen molar-refractivity contribution < 1.29 is 13.5 Å². The van der Waals surface area contributed by atoms with Crippen LogP contribution in [0.4, 0.5) is 0 Å². The van der Waals surface area contributed by atoms with Crippen molar-refractivity contribution in [2.24, 2.45) is 0 Å². The molecule has 1 heterocycles. The van der Waals surface area contributed by atoms with Gasteiger partial charge in [0, 0.05) is 10.5 Å². The normalized spacial score (nSPS) is 19.5. The van der Waals surface area contributed by atoms with Crippen molar-refractivity contribution in [2.45, 2.75) is 11.0 Å². The summed E-state index contributed by atoms with van der Waals surface area (Å²) in [7, 11) is 0. The maximum atomic E-state index is 11.3. The van der Waals surface area contributed by atoms with Crippen LogP contribution < -0.4 is 0 Å². The second-order valence-corrected chi connectivity index (χ2v) is 5.05. The van der Waals surface area contributed by atoms with E-state index in [2.05, 4.69) is 0 Å². The fourth-order valence-corrected chi connectivity index (χ4v) is 2.72. The number of benzene rings is 2. The third kappa shape index (κ3) is 2.10. The lowest BCUT2D eigenvalue weighted by atomic mass is 9.98. The van der Waals surface area contributed by atoms with Crippen molar-refractivity contribution >= 4 is 11.1 Å². The van der Waals surface area contributed by atoms with Crippen molar-refractivity contribution in [3.05, 3.63) is 54.1 Å². The summed E-state index contributed by atoms with van der Waals surface area (Å²) in [5.41, 5.74) is 2.71. The van der Waals surface area contributed by atoms with Crippen molar-refractivity contribution in [1.82, 2.24) is 0 Å². The molecule has 0 bridgehead atoms. The molecule has 3 rings (SSSR count). The van der Waals surface area contributed by atoms with Gasteiger partial charge in [-0.25, -0.2) is 0 Å². The highest BCUT2D eigenvalue weighted by Crippen LogP contribution is 2.40. The Morgan fingerprint density at radius 2 is 1.83 bits per heavy atom. The third-order valence-electron chi connectivity index (χ3n) is 2.99. The summed E-state index contributed by atoms with van der Waals surface area (Å²) in [6, 6.07) is 15.1. The topological polar surface area (TPSA) is 52.7 Å². The summed E-state index contributed by atoms with van der Waals surface area (Å²) in [5, 5.41) is 0. The quantitative estimate of drug-likeness (QED) is 0.629. The van der Waals surface area contributed by atoms with Crippen molar-refractivity contribution in [1.29, 1.82) is 0 Å². The largest absolute Gasteiger partial charge is 0.768 e. The molecule has 18 heavy (non-hydrogen) atoms. The number of hydrogen-bond donors (Lipinski definition) is 0. The molecule has 0 radical (unpaired) electrons. The number of rotatable bonds is 3. The molecule has 0 aromatic heterocycles. The van der Waals surface area contributed by atoms with Crippen molar-refractivity contribution in [3.8, 4) is 11.1 Å². The first kappa shape index (κ1) is 11.6. The van der Waals surface area contributed by atoms with Gasteiger partial charge in [0.25, 0.3) is 0 Å². The molecule has 0 saturated carbocycles. The molecule has 3 nitrogen and oxygen atoms in total. The zero-order valence-electron chi connectivity index (χ0n) is 9.54. The Hall–Kier alpha value is -1.49. The highest BCUT2D eigenvalue weighted by atomic mass is 32.2. The molecule has 0 amide bonds. The summed E-state index contributed by atoms with van der Waals surface area (Å²) in [4.78, 5) is 0.332. The molecule has 1 fully saturated rings. The summed E-state index contributed by atoms with van der Waals surface area (Å²) in [5.74, 6) is 0. The van der Waals surface area contributed by atoms with E-state index in [1.807, 2.05) is 36.4 Å². The highest BCUT2D eigenvalue weighted by molar-refractivity contribution is 7.79. The van der Waals surface area contributed by atoms with Crippen LogP contribution >= 0.6 is 0 Å². The smallest absolute Gasteiger partial charge is 0.108 e. The Kier molecular flexibility index (Phi) is 2.99. The second kappa shape index (κ2) is 4.65. The lowest BCUT2D eigenvalue weighted by Gasteiger charge is -2.15. The van der Waals surface area contributed by atoms with E-state index in [4.69, 9.17) is 4.74 Å². The van der Waals surface area contributed by atoms with Crippen LogP contribution in [0, 0.1) is 0 Å². The third-order valence-corrected chi connectivity index (χ3v) is 3.70. The van der Waals surface area contributed by atoms with Gasteiger partial charge in [-0.05, 0) is 28.3 Å². The lowest BCUT2D eigenvalue weighted by molar-refractivity contribution is 0.412. The SMILES string of the molecule is O=S([O-])c1cccc(-c2ccccc2)c1C1CO1. The van der Waals surface area contributed by atoms with Crippen LogP contribution in [0.1, 0.15) is 11.7 Å². The van der Waals surface area contributed by atoms with E-state index in [1.165, 1.54) is 0 Å². The predicted molar refractivity (Wildman–Crippen MR) is 67.8 cm³/mol. The first-order chi connectivity index (χ1) is 8.77. The van der Waals surface area contributed by atoms with Gasteiger partial charge < -0.3 is 9.29 Å². The molecular formula is C14H11O3S-. The summed E-state index contributed by atoms with van der Waals surface area (Å²) < 4.78 is 27.8. The van der Waals surface area contributed by atoms with E-state index in [1.54, 1.807) is 12.1 Å². The summed E-state index contributed by atoms with van der Waals surface area (Å²) >= 11 is -2.24. The minimum Gasteiger partial charge on any atom is -0.768 e. The van der Waals surface area contributed by atoms with E-state index < -0.39 is 11.1 Å². The Balaban J connectivity index is 2.20. The van der Waals surface area contributed by atoms with Crippen LogP contribution in [0.3, 0.4) is 0 Å². The van der Waals surface area contributed by atoms with Crippen LogP contribution in [-0.2, 0) is 15.8 Å². The van der Waals surface area contributed by atoms with Gasteiger partial charge >= 0.3 is 0 Å². The molecule has 0 aliphatic carbocycles. The molecule has 2 atom stereocenters. The van der Waals surface area contributed by atoms with Gasteiger partial charge in [0.1, 0.15) is 6.10 Å². The van der Waals surface area contributed by atoms with Gasteiger partial charge in [-0.15, -0.1) is 0 Å². The molecule has 4 heteroatoms. The Morgan fingerprint density at radius 1 is 1.11 bits per heavy atom. The van der Waals surface area contributed by atoms with E-state index in [0.717, 1.165) is 16.7 Å². The van der Waals surface area contributed by atoms with Gasteiger partial charge in [-0.2, -0.15) is 0 Å². The summed E-state index contributed by atoms with van der Waals surface area (Å²) in [6.07, 6.45) is -0.0886. The molecule has 2 aromatic carbocycles. The molecule has 1 saturated heterocycles. The van der Waals surface area contributed by atoms with Crippen molar-refractivity contribution in [2.75, 3.05) is 6.61 Å². The predicted octanol–water partition coefficient (Wildman–Crippen LogP) is 2.66. The Morgan fingerprint density at radius 3 is 2.44 bits per heavy atom. The highest BCUT2D eigenvalue weighted by Gasteiger charge is 2.30. The van der Waals surface area contributed by atoms with Gasteiger partial charge in [0.2, 0.25) is 0 Å². The van der Waals surface area contributed by atoms with Crippen LogP contribution in [0.5, 0.6) is 0 Å². The second-order valence-electron chi connectivity index (χ2n) is 4.14. The van der Waals surface area contributed by atoms with E-state index in [9.17, 15) is 8.76 Å². The van der Waals surface area contributed by atoms with Gasteiger partial charge in [-0.1, -0.05) is 42.5 Å². The Bertz CT molecular complexity index is 591. The first-order valence-corrected chi connectivity index (χ1v) is 6.74. The van der Waals surface area contributed by atoms with Gasteiger partial charge in [0.15, 0.2) is 0 Å². The minimum absolute atomic E-state index is 0.0886. The fraction of sp³-hybridized carbons (Fsp3) is 0.143. The molecule has 2 unspecified atom stereocenters. The molecule has 92 valence electrons. The first-order valence-electron chi connectivity index (χ1n) is 5.66. The average Bonchev–Trinajstić information content (AvgIpc) is 3.23. The monoisotopic (exact) mass is 259 g/mol. The number of epoxide rings is 1. The van der Waals surface area contributed by atoms with Crippen LogP contribution in [0.25, 0.3) is 11.1 Å². The van der Waals surface area contributed by atoms with Gasteiger partial charge in [0.05, 0.1) is 6.61 Å². The van der Waals surface area contributed by atoms with Crippen LogP contribution in [0.2, 0.25) is 0 Å². The molecule has 0 N–H and O–H groups in total. The van der Waals surface area contributed by atoms with Crippen LogP contribution in [0.15, 0.2) is 53.4 Å². The molecule has 0 spiro atoms. The zero-order valence-corrected chi connectivity index (χ0v) is 10.4. The van der Waals surface area contributed by atoms with E-state index in [-0.39, 0.29) is 6.10 Å². The number of ether oxygens (including phenoxy) is 1. The minimum atomic E-state index is -2.24. The zero-order chi connectivity index (χ0) is 12.5. The van der Waals surface area contributed by atoms with Gasteiger partial charge in [-0.3, -0.25) is 4.21 Å². The van der Waals surface area contributed by atoms with E-state index >= 15 is 0 Å². The molecule has 2 aromatic rings. The van der Waals surface area contributed by atoms with Crippen LogP contribution in [-0.4, -0.2) is 15.4 Å². The van der Waals surface area contributed by atoms with Crippen molar-refractivity contribution in [3.63, 3.8) is 0 Å². The molecule has 1 aliphatic heterocycles. The maximum absolute atomic E-state index is 11.3.